The van der Waals surface area contributed by atoms with Crippen LogP contribution in [0.15, 0.2) is 65.6 Å². The molecule has 2 aromatic carbocycles. The number of anilines is 1. The van der Waals surface area contributed by atoms with Crippen LogP contribution in [0.4, 0.5) is 27.8 Å². The molecule has 0 spiro atoms. The molecule has 2 aliphatic rings. The Bertz CT molecular complexity index is 1150. The van der Waals surface area contributed by atoms with Crippen LogP contribution in [0.25, 0.3) is 0 Å². The summed E-state index contributed by atoms with van der Waals surface area (Å²) >= 11 is 1.47. The molecule has 1 fully saturated rings. The number of aryl methyl sites for hydroxylation is 2. The standard InChI is InChI=1S/C14H13FN2S.C11H11F4N/c15-13-5-2-6-14(16-13)17-18-12-8-7-10-3-1-4-11(10)9-12;1-16-6-10(12,7-16)8-3-2-4-9(5-8)11(13,14)15/h2,5-9H,1,3-4H2,(H,16,17);2-5H,6-7H2,1H3. The molecule has 3 nitrogen and oxygen atoms in total. The van der Waals surface area contributed by atoms with E-state index in [0.717, 1.165) is 17.0 Å². The number of nitrogens with zero attached hydrogens (tertiary/aromatic N) is 2. The summed E-state index contributed by atoms with van der Waals surface area (Å²) in [5.74, 6) is 0.0788. The summed E-state index contributed by atoms with van der Waals surface area (Å²) in [6.45, 7) is 0.294. The van der Waals surface area contributed by atoms with E-state index in [0.29, 0.717) is 5.82 Å². The SMILES string of the molecule is CN1CC(F)(c2cccc(C(F)(F)F)c2)C1.Fc1cccc(NSc2ccc3c(c2)CCC3)n1. The number of hydrogen-bond acceptors (Lipinski definition) is 4. The van der Waals surface area contributed by atoms with Crippen LogP contribution in [0.1, 0.15) is 28.7 Å². The topological polar surface area (TPSA) is 28.2 Å². The molecule has 0 amide bonds. The van der Waals surface area contributed by atoms with Gasteiger partial charge in [-0.05, 0) is 91.3 Å². The summed E-state index contributed by atoms with van der Waals surface area (Å²) in [5, 5.41) is 0. The van der Waals surface area contributed by atoms with Crippen LogP contribution in [0, 0.1) is 5.95 Å². The lowest BCUT2D eigenvalue weighted by Crippen LogP contribution is -2.54. The molecule has 5 rings (SSSR count). The summed E-state index contributed by atoms with van der Waals surface area (Å²) in [4.78, 5) is 6.63. The first-order chi connectivity index (χ1) is 16.1. The molecule has 1 N–H and O–H groups in total. The van der Waals surface area contributed by atoms with Crippen molar-refractivity contribution in [2.75, 3.05) is 24.9 Å². The van der Waals surface area contributed by atoms with Gasteiger partial charge in [0, 0.05) is 18.0 Å². The van der Waals surface area contributed by atoms with E-state index in [9.17, 15) is 22.0 Å². The maximum atomic E-state index is 14.0. The van der Waals surface area contributed by atoms with Crippen molar-refractivity contribution >= 4 is 17.8 Å². The van der Waals surface area contributed by atoms with Crippen molar-refractivity contribution in [2.24, 2.45) is 0 Å². The maximum Gasteiger partial charge on any atom is 0.416 e. The van der Waals surface area contributed by atoms with Crippen LogP contribution >= 0.6 is 11.9 Å². The third kappa shape index (κ3) is 5.88. The molecular weight excluding hydrogens is 469 g/mol. The number of likely N-dealkylation sites (N-methyl/N-ethyl adjacent to an activating group) is 1. The Labute approximate surface area is 199 Å². The molecule has 0 bridgehead atoms. The zero-order valence-corrected chi connectivity index (χ0v) is 19.3. The summed E-state index contributed by atoms with van der Waals surface area (Å²) in [7, 11) is 1.73. The van der Waals surface area contributed by atoms with E-state index in [4.69, 9.17) is 0 Å². The van der Waals surface area contributed by atoms with Gasteiger partial charge < -0.3 is 4.72 Å². The molecule has 3 aromatic rings. The van der Waals surface area contributed by atoms with Gasteiger partial charge >= 0.3 is 6.18 Å². The van der Waals surface area contributed by atoms with Crippen molar-refractivity contribution in [3.63, 3.8) is 0 Å². The Morgan fingerprint density at radius 1 is 0.971 bits per heavy atom. The quantitative estimate of drug-likeness (QED) is 0.250. The monoisotopic (exact) mass is 493 g/mol. The highest BCUT2D eigenvalue weighted by molar-refractivity contribution is 8.00. The van der Waals surface area contributed by atoms with Gasteiger partial charge in [-0.2, -0.15) is 17.6 Å². The second-order valence-electron chi connectivity index (χ2n) is 8.55. The zero-order chi connectivity index (χ0) is 24.3. The highest BCUT2D eigenvalue weighted by atomic mass is 32.2. The first-order valence-corrected chi connectivity index (χ1v) is 11.7. The van der Waals surface area contributed by atoms with Crippen LogP contribution in [0.3, 0.4) is 0 Å². The van der Waals surface area contributed by atoms with Crippen molar-refractivity contribution in [3.8, 4) is 0 Å². The van der Waals surface area contributed by atoms with Gasteiger partial charge in [-0.3, -0.25) is 4.90 Å². The van der Waals surface area contributed by atoms with Crippen LogP contribution < -0.4 is 4.72 Å². The van der Waals surface area contributed by atoms with Crippen molar-refractivity contribution < 1.29 is 22.0 Å². The number of benzene rings is 2. The van der Waals surface area contributed by atoms with E-state index in [2.05, 4.69) is 27.9 Å². The molecule has 34 heavy (non-hydrogen) atoms. The first kappa shape index (κ1) is 24.5. The molecule has 180 valence electrons. The van der Waals surface area contributed by atoms with Gasteiger partial charge in [0.2, 0.25) is 5.95 Å². The average molecular weight is 494 g/mol. The van der Waals surface area contributed by atoms with E-state index in [1.165, 1.54) is 60.5 Å². The number of nitrogens with one attached hydrogen (secondary N) is 1. The lowest BCUT2D eigenvalue weighted by molar-refractivity contribution is -0.137. The van der Waals surface area contributed by atoms with Gasteiger partial charge in [-0.15, -0.1) is 0 Å². The summed E-state index contributed by atoms with van der Waals surface area (Å²) in [6, 6.07) is 15.7. The molecular formula is C25H24F5N3S. The number of alkyl halides is 4. The van der Waals surface area contributed by atoms with Crippen molar-refractivity contribution in [1.82, 2.24) is 9.88 Å². The number of hydrogen-bond donors (Lipinski definition) is 1. The minimum Gasteiger partial charge on any atom is -0.310 e. The van der Waals surface area contributed by atoms with Gasteiger partial charge in [0.05, 0.1) is 5.56 Å². The van der Waals surface area contributed by atoms with Crippen molar-refractivity contribution in [1.29, 1.82) is 0 Å². The van der Waals surface area contributed by atoms with Gasteiger partial charge in [-0.25, -0.2) is 9.37 Å². The zero-order valence-electron chi connectivity index (χ0n) is 18.5. The van der Waals surface area contributed by atoms with Crippen LogP contribution in [-0.4, -0.2) is 30.0 Å². The second-order valence-corrected chi connectivity index (χ2v) is 9.43. The Morgan fingerprint density at radius 3 is 2.41 bits per heavy atom. The van der Waals surface area contributed by atoms with Gasteiger partial charge in [0.1, 0.15) is 5.82 Å². The highest BCUT2D eigenvalue weighted by Crippen LogP contribution is 2.38. The molecule has 0 atom stereocenters. The minimum atomic E-state index is -4.41. The number of halogens is 5. The molecule has 1 saturated heterocycles. The Morgan fingerprint density at radius 2 is 1.71 bits per heavy atom. The number of fused-ring (bicyclic) bond motifs is 1. The Balaban J connectivity index is 0.000000162. The molecule has 0 saturated carbocycles. The fraction of sp³-hybridized carbons (Fsp3) is 0.320. The summed E-state index contributed by atoms with van der Waals surface area (Å²) < 4.78 is 67.3. The maximum absolute atomic E-state index is 14.0. The van der Waals surface area contributed by atoms with E-state index in [1.54, 1.807) is 24.1 Å². The fourth-order valence-corrected chi connectivity index (χ4v) is 4.83. The lowest BCUT2D eigenvalue weighted by Gasteiger charge is -2.42. The summed E-state index contributed by atoms with van der Waals surface area (Å²) in [6.07, 6.45) is -0.800. The van der Waals surface area contributed by atoms with E-state index < -0.39 is 23.4 Å². The third-order valence-electron chi connectivity index (χ3n) is 5.81. The minimum absolute atomic E-state index is 0.112. The molecule has 1 aliphatic heterocycles. The van der Waals surface area contributed by atoms with Crippen LogP contribution in [0.2, 0.25) is 0 Å². The van der Waals surface area contributed by atoms with Crippen molar-refractivity contribution in [3.05, 3.63) is 88.9 Å². The Hall–Kier alpha value is -2.65. The largest absolute Gasteiger partial charge is 0.416 e. The van der Waals surface area contributed by atoms with E-state index >= 15 is 0 Å². The molecule has 2 heterocycles. The predicted molar refractivity (Wildman–Crippen MR) is 124 cm³/mol. The molecule has 0 unspecified atom stereocenters. The lowest BCUT2D eigenvalue weighted by atomic mass is 9.87. The summed E-state index contributed by atoms with van der Waals surface area (Å²) in [5.41, 5.74) is 0.588. The smallest absolute Gasteiger partial charge is 0.310 e. The van der Waals surface area contributed by atoms with Gasteiger partial charge in [-0.1, -0.05) is 24.3 Å². The number of aromatic nitrogens is 1. The predicted octanol–water partition coefficient (Wildman–Crippen LogP) is 6.64. The number of rotatable bonds is 4. The number of pyridine rings is 1. The van der Waals surface area contributed by atoms with E-state index in [1.807, 2.05) is 0 Å². The van der Waals surface area contributed by atoms with Crippen molar-refractivity contribution in [2.45, 2.75) is 36.0 Å². The van der Waals surface area contributed by atoms with Gasteiger partial charge in [0.15, 0.2) is 5.67 Å². The van der Waals surface area contributed by atoms with Gasteiger partial charge in [0.25, 0.3) is 0 Å². The van der Waals surface area contributed by atoms with Crippen LogP contribution in [0.5, 0.6) is 0 Å². The normalized spacial score (nSPS) is 16.8. The number of likely N-dealkylation sites (tertiary alicyclic amines) is 1. The molecule has 1 aliphatic carbocycles. The van der Waals surface area contributed by atoms with Crippen LogP contribution in [-0.2, 0) is 24.7 Å². The highest BCUT2D eigenvalue weighted by Gasteiger charge is 2.44. The second kappa shape index (κ2) is 9.92. The third-order valence-corrected chi connectivity index (χ3v) is 6.61. The molecule has 0 radical (unpaired) electrons. The average Bonchev–Trinajstić information content (AvgIpc) is 3.25. The fourth-order valence-electron chi connectivity index (χ4n) is 4.15. The van der Waals surface area contributed by atoms with E-state index in [-0.39, 0.29) is 18.7 Å². The molecule has 1 aromatic heterocycles. The molecule has 9 heteroatoms. The first-order valence-electron chi connectivity index (χ1n) is 10.8. The Kier molecular flexibility index (Phi) is 7.14.